The predicted octanol–water partition coefficient (Wildman–Crippen LogP) is 2.71. The van der Waals surface area contributed by atoms with Gasteiger partial charge in [0.05, 0.1) is 11.4 Å². The van der Waals surface area contributed by atoms with Crippen molar-refractivity contribution in [1.29, 1.82) is 0 Å². The molecule has 92 valence electrons. The maximum Gasteiger partial charge on any atom is 0.142 e. The largest absolute Gasteiger partial charge is 0.308 e. The van der Waals surface area contributed by atoms with E-state index < -0.39 is 0 Å². The lowest BCUT2D eigenvalue weighted by Gasteiger charge is -2.08. The Bertz CT molecular complexity index is 527. The summed E-state index contributed by atoms with van der Waals surface area (Å²) in [7, 11) is 0. The Balaban J connectivity index is 1.97. The van der Waals surface area contributed by atoms with E-state index in [1.165, 1.54) is 0 Å². The number of thiazole rings is 1. The van der Waals surface area contributed by atoms with Crippen molar-refractivity contribution in [1.82, 2.24) is 15.3 Å². The molecule has 18 heavy (non-hydrogen) atoms. The first-order valence-corrected chi connectivity index (χ1v) is 6.70. The number of aromatic nitrogens is 2. The van der Waals surface area contributed by atoms with Gasteiger partial charge in [0.15, 0.2) is 0 Å². The summed E-state index contributed by atoms with van der Waals surface area (Å²) in [5, 5.41) is 6.36. The summed E-state index contributed by atoms with van der Waals surface area (Å²) in [5.41, 5.74) is 1.95. The van der Waals surface area contributed by atoms with Crippen molar-refractivity contribution in [3.8, 4) is 23.0 Å². The molecule has 2 heterocycles. The van der Waals surface area contributed by atoms with Gasteiger partial charge in [-0.3, -0.25) is 4.98 Å². The minimum Gasteiger partial charge on any atom is -0.308 e. The number of terminal acetylenes is 1. The molecule has 0 aliphatic carbocycles. The highest BCUT2D eigenvalue weighted by molar-refractivity contribution is 7.13. The molecule has 0 aliphatic heterocycles. The average Bonchev–Trinajstić information content (AvgIpc) is 2.87. The fourth-order valence-corrected chi connectivity index (χ4v) is 2.32. The molecule has 2 rings (SSSR count). The van der Waals surface area contributed by atoms with E-state index in [4.69, 9.17) is 6.42 Å². The molecule has 0 aliphatic rings. The van der Waals surface area contributed by atoms with E-state index in [2.05, 4.69) is 33.5 Å². The number of nitrogens with zero attached hydrogens (tertiary/aromatic N) is 2. The van der Waals surface area contributed by atoms with Crippen LogP contribution in [0.5, 0.6) is 0 Å². The fourth-order valence-electron chi connectivity index (χ4n) is 1.52. The average molecular weight is 257 g/mol. The number of nitrogens with one attached hydrogen (secondary N) is 1. The molecule has 0 fully saturated rings. The highest BCUT2D eigenvalue weighted by Gasteiger charge is 2.06. The van der Waals surface area contributed by atoms with E-state index in [0.29, 0.717) is 6.04 Å². The maximum atomic E-state index is 5.27. The second-order valence-electron chi connectivity index (χ2n) is 4.05. The summed E-state index contributed by atoms with van der Waals surface area (Å²) in [5.74, 6) is 2.64. The van der Waals surface area contributed by atoms with Crippen molar-refractivity contribution in [3.05, 3.63) is 35.5 Å². The Kier molecular flexibility index (Phi) is 4.46. The summed E-state index contributed by atoms with van der Waals surface area (Å²) in [4.78, 5) is 8.84. The molecule has 0 bridgehead atoms. The molecular weight excluding hydrogens is 242 g/mol. The number of pyridine rings is 1. The zero-order valence-corrected chi connectivity index (χ0v) is 11.1. The molecular formula is C14H15N3S. The lowest BCUT2D eigenvalue weighted by molar-refractivity contribution is 0.555. The second-order valence-corrected chi connectivity index (χ2v) is 4.91. The maximum absolute atomic E-state index is 5.27. The molecule has 0 saturated carbocycles. The van der Waals surface area contributed by atoms with Crippen molar-refractivity contribution >= 4 is 11.3 Å². The van der Waals surface area contributed by atoms with E-state index in [9.17, 15) is 0 Å². The van der Waals surface area contributed by atoms with Crippen LogP contribution < -0.4 is 5.32 Å². The van der Waals surface area contributed by atoms with E-state index in [-0.39, 0.29) is 0 Å². The summed E-state index contributed by atoms with van der Waals surface area (Å²) >= 11 is 1.61. The fraction of sp³-hybridized carbons (Fsp3) is 0.286. The van der Waals surface area contributed by atoms with Crippen molar-refractivity contribution in [2.45, 2.75) is 25.9 Å². The summed E-state index contributed by atoms with van der Waals surface area (Å²) in [6.45, 7) is 2.82. The van der Waals surface area contributed by atoms with Crippen LogP contribution in [0.4, 0.5) is 0 Å². The monoisotopic (exact) mass is 257 g/mol. The van der Waals surface area contributed by atoms with Crippen LogP contribution >= 0.6 is 11.3 Å². The highest BCUT2D eigenvalue weighted by atomic mass is 32.1. The molecule has 3 nitrogen and oxygen atoms in total. The van der Waals surface area contributed by atoms with Crippen molar-refractivity contribution in [2.75, 3.05) is 0 Å². The SMILES string of the molecule is C#CCC(C)NCc1csc(-c2ccccn2)n1. The Morgan fingerprint density at radius 3 is 3.11 bits per heavy atom. The third-order valence-corrected chi connectivity index (χ3v) is 3.41. The molecule has 0 saturated heterocycles. The predicted molar refractivity (Wildman–Crippen MR) is 75.1 cm³/mol. The Hall–Kier alpha value is -1.70. The minimum absolute atomic E-state index is 0.315. The van der Waals surface area contributed by atoms with Gasteiger partial charge in [0.2, 0.25) is 0 Å². The van der Waals surface area contributed by atoms with Crippen LogP contribution in [0.1, 0.15) is 19.0 Å². The molecule has 0 amide bonds. The molecule has 1 N–H and O–H groups in total. The minimum atomic E-state index is 0.315. The van der Waals surface area contributed by atoms with Crippen LogP contribution in [0.25, 0.3) is 10.7 Å². The summed E-state index contributed by atoms with van der Waals surface area (Å²) in [6, 6.07) is 6.16. The lowest BCUT2D eigenvalue weighted by Crippen LogP contribution is -2.24. The van der Waals surface area contributed by atoms with Crippen LogP contribution in [-0.2, 0) is 6.54 Å². The third-order valence-electron chi connectivity index (χ3n) is 2.49. The zero-order chi connectivity index (χ0) is 12.8. The second kappa shape index (κ2) is 6.29. The molecule has 0 aromatic carbocycles. The number of hydrogen-bond acceptors (Lipinski definition) is 4. The van der Waals surface area contributed by atoms with Crippen LogP contribution in [0.3, 0.4) is 0 Å². The molecule has 0 spiro atoms. The van der Waals surface area contributed by atoms with Gasteiger partial charge in [-0.05, 0) is 19.1 Å². The topological polar surface area (TPSA) is 37.8 Å². The molecule has 0 radical (unpaired) electrons. The molecule has 2 aromatic rings. The standard InChI is InChI=1S/C14H15N3S/c1-3-6-11(2)16-9-12-10-18-14(17-12)13-7-4-5-8-15-13/h1,4-5,7-8,10-11,16H,6,9H2,2H3. The number of hydrogen-bond donors (Lipinski definition) is 1. The zero-order valence-electron chi connectivity index (χ0n) is 10.3. The highest BCUT2D eigenvalue weighted by Crippen LogP contribution is 2.21. The molecule has 4 heteroatoms. The van der Waals surface area contributed by atoms with Crippen LogP contribution in [0, 0.1) is 12.3 Å². The molecule has 1 atom stereocenters. The van der Waals surface area contributed by atoms with Gasteiger partial charge < -0.3 is 5.32 Å². The van der Waals surface area contributed by atoms with Crippen LogP contribution in [0.2, 0.25) is 0 Å². The lowest BCUT2D eigenvalue weighted by atomic mass is 10.2. The van der Waals surface area contributed by atoms with E-state index >= 15 is 0 Å². The summed E-state index contributed by atoms with van der Waals surface area (Å²) in [6.07, 6.45) is 7.78. The first kappa shape index (κ1) is 12.7. The number of rotatable bonds is 5. The van der Waals surface area contributed by atoms with Gasteiger partial charge in [-0.15, -0.1) is 23.7 Å². The molecule has 1 unspecified atom stereocenters. The van der Waals surface area contributed by atoms with E-state index in [1.807, 2.05) is 18.2 Å². The van der Waals surface area contributed by atoms with E-state index in [0.717, 1.165) is 29.4 Å². The normalized spacial score (nSPS) is 12.0. The van der Waals surface area contributed by atoms with Gasteiger partial charge in [-0.2, -0.15) is 0 Å². The van der Waals surface area contributed by atoms with E-state index in [1.54, 1.807) is 17.5 Å². The van der Waals surface area contributed by atoms with Crippen molar-refractivity contribution < 1.29 is 0 Å². The quantitative estimate of drug-likeness (QED) is 0.837. The van der Waals surface area contributed by atoms with Gasteiger partial charge in [-0.1, -0.05) is 6.07 Å². The Labute approximate surface area is 111 Å². The van der Waals surface area contributed by atoms with Gasteiger partial charge in [0, 0.05) is 30.6 Å². The first-order chi connectivity index (χ1) is 8.79. The van der Waals surface area contributed by atoms with Gasteiger partial charge >= 0.3 is 0 Å². The van der Waals surface area contributed by atoms with Crippen LogP contribution in [0.15, 0.2) is 29.8 Å². The molecule has 2 aromatic heterocycles. The van der Waals surface area contributed by atoms with Crippen LogP contribution in [-0.4, -0.2) is 16.0 Å². The Morgan fingerprint density at radius 1 is 1.50 bits per heavy atom. The smallest absolute Gasteiger partial charge is 0.142 e. The first-order valence-electron chi connectivity index (χ1n) is 5.82. The Morgan fingerprint density at radius 2 is 2.39 bits per heavy atom. The van der Waals surface area contributed by atoms with Gasteiger partial charge in [0.1, 0.15) is 5.01 Å². The van der Waals surface area contributed by atoms with Crippen molar-refractivity contribution in [3.63, 3.8) is 0 Å². The summed E-state index contributed by atoms with van der Waals surface area (Å²) < 4.78 is 0. The van der Waals surface area contributed by atoms with Crippen molar-refractivity contribution in [2.24, 2.45) is 0 Å². The third kappa shape index (κ3) is 3.39. The van der Waals surface area contributed by atoms with Gasteiger partial charge in [0.25, 0.3) is 0 Å². The van der Waals surface area contributed by atoms with Gasteiger partial charge in [-0.25, -0.2) is 4.98 Å².